The first-order valence-electron chi connectivity index (χ1n) is 9.35. The number of aryl methyl sites for hydroxylation is 2. The van der Waals surface area contributed by atoms with Crippen molar-refractivity contribution in [2.24, 2.45) is 0 Å². The molecule has 21 heavy (non-hydrogen) atoms. The zero-order valence-corrected chi connectivity index (χ0v) is 14.4. The molecule has 0 aliphatic carbocycles. The molecular formula is C20H36N+. The lowest BCUT2D eigenvalue weighted by Gasteiger charge is -2.04. The van der Waals surface area contributed by atoms with Crippen LogP contribution in [0.25, 0.3) is 0 Å². The van der Waals surface area contributed by atoms with Crippen molar-refractivity contribution in [3.05, 3.63) is 30.1 Å². The molecule has 0 saturated heterocycles. The Bertz CT molecular complexity index is 345. The summed E-state index contributed by atoms with van der Waals surface area (Å²) in [4.78, 5) is 0. The SMILES string of the molecule is CCCCCCCCCC[n+]1ccccc1CCCCC. The molecule has 0 bridgehead atoms. The summed E-state index contributed by atoms with van der Waals surface area (Å²) >= 11 is 0. The fourth-order valence-corrected chi connectivity index (χ4v) is 2.93. The maximum Gasteiger partial charge on any atom is 0.181 e. The highest BCUT2D eigenvalue weighted by molar-refractivity contribution is 4.97. The van der Waals surface area contributed by atoms with Crippen molar-refractivity contribution >= 4 is 0 Å². The molecule has 0 aliphatic heterocycles. The lowest BCUT2D eigenvalue weighted by molar-refractivity contribution is -0.704. The zero-order chi connectivity index (χ0) is 15.2. The van der Waals surface area contributed by atoms with Gasteiger partial charge in [-0.15, -0.1) is 0 Å². The molecule has 0 radical (unpaired) electrons. The minimum Gasteiger partial charge on any atom is -0.202 e. The van der Waals surface area contributed by atoms with E-state index in [9.17, 15) is 0 Å². The largest absolute Gasteiger partial charge is 0.202 e. The Labute approximate surface area is 132 Å². The van der Waals surface area contributed by atoms with Crippen LogP contribution in [0, 0.1) is 0 Å². The average Bonchev–Trinajstić information content (AvgIpc) is 2.51. The van der Waals surface area contributed by atoms with E-state index in [-0.39, 0.29) is 0 Å². The molecule has 0 spiro atoms. The van der Waals surface area contributed by atoms with Gasteiger partial charge in [0.15, 0.2) is 11.9 Å². The van der Waals surface area contributed by atoms with Crippen LogP contribution >= 0.6 is 0 Å². The van der Waals surface area contributed by atoms with Crippen LogP contribution < -0.4 is 4.57 Å². The second-order valence-corrected chi connectivity index (χ2v) is 6.32. The van der Waals surface area contributed by atoms with Gasteiger partial charge in [0.1, 0.15) is 6.54 Å². The fraction of sp³-hybridized carbons (Fsp3) is 0.750. The van der Waals surface area contributed by atoms with Crippen molar-refractivity contribution < 1.29 is 4.57 Å². The normalized spacial score (nSPS) is 11.0. The monoisotopic (exact) mass is 290 g/mol. The van der Waals surface area contributed by atoms with Crippen LogP contribution in [0.4, 0.5) is 0 Å². The van der Waals surface area contributed by atoms with Crippen LogP contribution in [-0.2, 0) is 13.0 Å². The number of hydrogen-bond donors (Lipinski definition) is 0. The molecule has 1 aromatic rings. The lowest BCUT2D eigenvalue weighted by atomic mass is 10.1. The highest BCUT2D eigenvalue weighted by Gasteiger charge is 2.08. The number of aromatic nitrogens is 1. The van der Waals surface area contributed by atoms with Gasteiger partial charge in [0, 0.05) is 25.0 Å². The Kier molecular flexibility index (Phi) is 11.1. The minimum atomic E-state index is 1.21. The second kappa shape index (κ2) is 12.9. The molecule has 0 atom stereocenters. The Balaban J connectivity index is 2.16. The van der Waals surface area contributed by atoms with E-state index in [0.29, 0.717) is 0 Å². The minimum absolute atomic E-state index is 1.21. The molecule has 1 rings (SSSR count). The smallest absolute Gasteiger partial charge is 0.181 e. The molecule has 0 amide bonds. The maximum absolute atomic E-state index is 2.48. The fourth-order valence-electron chi connectivity index (χ4n) is 2.93. The molecule has 1 heterocycles. The Morgan fingerprint density at radius 2 is 1.33 bits per heavy atom. The predicted octanol–water partition coefficient (Wildman–Crippen LogP) is 5.85. The van der Waals surface area contributed by atoms with Gasteiger partial charge in [-0.2, -0.15) is 0 Å². The molecule has 0 N–H and O–H groups in total. The van der Waals surface area contributed by atoms with E-state index in [4.69, 9.17) is 0 Å². The summed E-state index contributed by atoms with van der Waals surface area (Å²) in [7, 11) is 0. The molecule has 0 saturated carbocycles. The van der Waals surface area contributed by atoms with Crippen molar-refractivity contribution in [2.75, 3.05) is 0 Å². The van der Waals surface area contributed by atoms with Crippen LogP contribution in [0.2, 0.25) is 0 Å². The van der Waals surface area contributed by atoms with Crippen molar-refractivity contribution in [3.8, 4) is 0 Å². The first-order chi connectivity index (χ1) is 10.4. The number of nitrogens with zero attached hydrogens (tertiary/aromatic N) is 1. The van der Waals surface area contributed by atoms with Gasteiger partial charge in [0.2, 0.25) is 0 Å². The van der Waals surface area contributed by atoms with Crippen molar-refractivity contribution in [1.82, 2.24) is 0 Å². The van der Waals surface area contributed by atoms with E-state index >= 15 is 0 Å². The topological polar surface area (TPSA) is 3.88 Å². The lowest BCUT2D eigenvalue weighted by Crippen LogP contribution is -2.37. The summed E-state index contributed by atoms with van der Waals surface area (Å²) in [5.74, 6) is 0. The van der Waals surface area contributed by atoms with Crippen molar-refractivity contribution in [3.63, 3.8) is 0 Å². The molecule has 1 nitrogen and oxygen atoms in total. The van der Waals surface area contributed by atoms with Crippen LogP contribution in [0.5, 0.6) is 0 Å². The predicted molar refractivity (Wildman–Crippen MR) is 92.5 cm³/mol. The molecule has 0 aliphatic rings. The van der Waals surface area contributed by atoms with Gasteiger partial charge in [-0.25, -0.2) is 4.57 Å². The Morgan fingerprint density at radius 1 is 0.714 bits per heavy atom. The van der Waals surface area contributed by atoms with Gasteiger partial charge < -0.3 is 0 Å². The van der Waals surface area contributed by atoms with E-state index < -0.39 is 0 Å². The molecule has 0 unspecified atom stereocenters. The quantitative estimate of drug-likeness (QED) is 0.317. The third-order valence-electron chi connectivity index (χ3n) is 4.32. The highest BCUT2D eigenvalue weighted by Crippen LogP contribution is 2.09. The van der Waals surface area contributed by atoms with Gasteiger partial charge in [0.05, 0.1) is 0 Å². The number of rotatable bonds is 13. The Hall–Kier alpha value is -0.850. The molecular weight excluding hydrogens is 254 g/mol. The maximum atomic E-state index is 2.48. The molecule has 1 aromatic heterocycles. The van der Waals surface area contributed by atoms with Gasteiger partial charge in [-0.05, 0) is 12.8 Å². The summed E-state index contributed by atoms with van der Waals surface area (Å²) in [5.41, 5.74) is 1.52. The van der Waals surface area contributed by atoms with Crippen molar-refractivity contribution in [2.45, 2.75) is 97.4 Å². The van der Waals surface area contributed by atoms with Crippen LogP contribution in [0.15, 0.2) is 24.4 Å². The van der Waals surface area contributed by atoms with Crippen LogP contribution in [-0.4, -0.2) is 0 Å². The summed E-state index contributed by atoms with van der Waals surface area (Å²) in [6.45, 7) is 5.77. The van der Waals surface area contributed by atoms with Gasteiger partial charge in [0.25, 0.3) is 0 Å². The molecule has 1 heteroatoms. The number of hydrogen-bond acceptors (Lipinski definition) is 0. The third kappa shape index (κ3) is 8.90. The number of unbranched alkanes of at least 4 members (excludes halogenated alkanes) is 9. The standard InChI is InChI=1S/C20H36N/c1-3-5-7-8-9-10-11-14-18-21-19-15-13-17-20(21)16-12-6-4-2/h13,15,17,19H,3-12,14,16,18H2,1-2H3/q+1. The first-order valence-corrected chi connectivity index (χ1v) is 9.35. The second-order valence-electron chi connectivity index (χ2n) is 6.32. The van der Waals surface area contributed by atoms with E-state index in [2.05, 4.69) is 42.8 Å². The van der Waals surface area contributed by atoms with Crippen molar-refractivity contribution in [1.29, 1.82) is 0 Å². The van der Waals surface area contributed by atoms with Crippen LogP contribution in [0.3, 0.4) is 0 Å². The summed E-state index contributed by atoms with van der Waals surface area (Å²) in [6, 6.07) is 6.67. The summed E-state index contributed by atoms with van der Waals surface area (Å²) < 4.78 is 2.48. The van der Waals surface area contributed by atoms with Gasteiger partial charge in [-0.3, -0.25) is 0 Å². The molecule has 120 valence electrons. The third-order valence-corrected chi connectivity index (χ3v) is 4.32. The summed E-state index contributed by atoms with van der Waals surface area (Å²) in [6.07, 6.45) is 18.7. The molecule has 0 aromatic carbocycles. The van der Waals surface area contributed by atoms with Crippen LogP contribution in [0.1, 0.15) is 90.2 Å². The molecule has 0 fully saturated rings. The van der Waals surface area contributed by atoms with Gasteiger partial charge >= 0.3 is 0 Å². The Morgan fingerprint density at radius 3 is 2.05 bits per heavy atom. The average molecular weight is 291 g/mol. The van der Waals surface area contributed by atoms with E-state index in [0.717, 1.165) is 0 Å². The van der Waals surface area contributed by atoms with Gasteiger partial charge in [-0.1, -0.05) is 71.3 Å². The van der Waals surface area contributed by atoms with E-state index in [1.165, 1.54) is 89.3 Å². The summed E-state index contributed by atoms with van der Waals surface area (Å²) in [5, 5.41) is 0. The first kappa shape index (κ1) is 18.2. The van der Waals surface area contributed by atoms with E-state index in [1.807, 2.05) is 0 Å². The number of pyridine rings is 1. The van der Waals surface area contributed by atoms with E-state index in [1.54, 1.807) is 0 Å². The highest BCUT2D eigenvalue weighted by atomic mass is 14.9. The zero-order valence-electron chi connectivity index (χ0n) is 14.4.